The van der Waals surface area contributed by atoms with E-state index in [2.05, 4.69) is 10.2 Å². The van der Waals surface area contributed by atoms with Crippen LogP contribution < -0.4 is 5.32 Å². The Morgan fingerprint density at radius 2 is 2.03 bits per heavy atom. The van der Waals surface area contributed by atoms with Gasteiger partial charge in [-0.3, -0.25) is 4.79 Å². The maximum atomic E-state index is 12.8. The van der Waals surface area contributed by atoms with Gasteiger partial charge in [-0.15, -0.1) is 0 Å². The van der Waals surface area contributed by atoms with Crippen molar-refractivity contribution in [3.8, 4) is 0 Å². The first-order valence-electron chi connectivity index (χ1n) is 10.5. The number of nitrogens with one attached hydrogen (secondary N) is 1. The second-order valence-electron chi connectivity index (χ2n) is 7.48. The van der Waals surface area contributed by atoms with Crippen molar-refractivity contribution in [2.24, 2.45) is 4.99 Å². The molecule has 4 rings (SSSR count). The maximum Gasteiger partial charge on any atom is 0.338 e. The lowest BCUT2D eigenvalue weighted by atomic mass is 9.93. The number of aliphatic imine (C=N–C) groups is 1. The van der Waals surface area contributed by atoms with E-state index in [1.165, 1.54) is 7.11 Å². The van der Waals surface area contributed by atoms with Crippen LogP contribution in [-0.2, 0) is 9.53 Å². The van der Waals surface area contributed by atoms with E-state index in [0.717, 1.165) is 35.1 Å². The lowest BCUT2D eigenvalue weighted by Gasteiger charge is -2.40. The van der Waals surface area contributed by atoms with Gasteiger partial charge in [-0.25, -0.2) is 9.79 Å². The highest BCUT2D eigenvalue weighted by molar-refractivity contribution is 8.13. The molecule has 1 saturated heterocycles. The number of carbonyl (C=O) groups excluding carboxylic acids is 2. The molecule has 2 aliphatic heterocycles. The Hall–Kier alpha value is -2.77. The van der Waals surface area contributed by atoms with Gasteiger partial charge in [-0.05, 0) is 54.8 Å². The summed E-state index contributed by atoms with van der Waals surface area (Å²) in [6.07, 6.45) is 1.63. The fourth-order valence-electron chi connectivity index (χ4n) is 3.95. The van der Waals surface area contributed by atoms with E-state index in [9.17, 15) is 9.59 Å². The molecule has 1 N–H and O–H groups in total. The quantitative estimate of drug-likeness (QED) is 0.603. The van der Waals surface area contributed by atoms with Crippen LogP contribution in [0.15, 0.2) is 64.8 Å². The maximum absolute atomic E-state index is 12.8. The highest BCUT2D eigenvalue weighted by atomic mass is 35.5. The SMILES string of the molecule is CCC1=C(C(=O)OC)C(c2cccc(NC(=O)c3ccc(Cl)cc3)c2)N2CCCSC2=N1. The molecule has 6 nitrogen and oxygen atoms in total. The van der Waals surface area contributed by atoms with Gasteiger partial charge in [0.05, 0.1) is 24.4 Å². The minimum Gasteiger partial charge on any atom is -0.466 e. The van der Waals surface area contributed by atoms with Crippen LogP contribution in [0.4, 0.5) is 5.69 Å². The van der Waals surface area contributed by atoms with E-state index in [-0.39, 0.29) is 17.9 Å². The summed E-state index contributed by atoms with van der Waals surface area (Å²) < 4.78 is 5.14. The predicted octanol–water partition coefficient (Wildman–Crippen LogP) is 5.28. The number of rotatable bonds is 5. The minimum atomic E-state index is -0.374. The largest absolute Gasteiger partial charge is 0.466 e. The number of fused-ring (bicyclic) bond motifs is 1. The number of methoxy groups -OCH3 is 1. The lowest BCUT2D eigenvalue weighted by molar-refractivity contribution is -0.137. The molecule has 1 fully saturated rings. The predicted molar refractivity (Wildman–Crippen MR) is 129 cm³/mol. The van der Waals surface area contributed by atoms with Crippen LogP contribution in [0.3, 0.4) is 0 Å². The number of hydrogen-bond donors (Lipinski definition) is 1. The van der Waals surface area contributed by atoms with E-state index in [1.54, 1.807) is 36.0 Å². The Morgan fingerprint density at radius 3 is 2.75 bits per heavy atom. The molecule has 0 saturated carbocycles. The van der Waals surface area contributed by atoms with Gasteiger partial charge >= 0.3 is 5.97 Å². The topological polar surface area (TPSA) is 71.0 Å². The summed E-state index contributed by atoms with van der Waals surface area (Å²) >= 11 is 7.63. The smallest absolute Gasteiger partial charge is 0.338 e. The molecule has 1 unspecified atom stereocenters. The number of carbonyl (C=O) groups is 2. The normalized spacial score (nSPS) is 18.0. The Labute approximate surface area is 196 Å². The van der Waals surface area contributed by atoms with Gasteiger partial charge in [0.25, 0.3) is 5.91 Å². The van der Waals surface area contributed by atoms with Gasteiger partial charge in [-0.1, -0.05) is 42.4 Å². The van der Waals surface area contributed by atoms with Crippen LogP contribution in [-0.4, -0.2) is 41.4 Å². The number of benzene rings is 2. The molecule has 2 aromatic rings. The molecule has 0 bridgehead atoms. The first-order chi connectivity index (χ1) is 15.5. The molecule has 2 aliphatic rings. The number of halogens is 1. The molecule has 0 spiro atoms. The molecule has 1 amide bonds. The number of amides is 1. The van der Waals surface area contributed by atoms with Crippen LogP contribution in [0.1, 0.15) is 41.7 Å². The molecule has 2 heterocycles. The van der Waals surface area contributed by atoms with E-state index in [1.807, 2.05) is 31.2 Å². The van der Waals surface area contributed by atoms with Gasteiger partial charge in [0.15, 0.2) is 5.17 Å². The molecule has 2 aromatic carbocycles. The summed E-state index contributed by atoms with van der Waals surface area (Å²) in [5, 5.41) is 4.45. The number of anilines is 1. The third-order valence-corrected chi connectivity index (χ3v) is 6.78. The van der Waals surface area contributed by atoms with Crippen molar-refractivity contribution in [1.29, 1.82) is 0 Å². The van der Waals surface area contributed by atoms with Crippen LogP contribution >= 0.6 is 23.4 Å². The van der Waals surface area contributed by atoms with Crippen molar-refractivity contribution in [3.63, 3.8) is 0 Å². The van der Waals surface area contributed by atoms with E-state index < -0.39 is 0 Å². The summed E-state index contributed by atoms with van der Waals surface area (Å²) in [4.78, 5) is 32.4. The monoisotopic (exact) mass is 469 g/mol. The first-order valence-corrected chi connectivity index (χ1v) is 11.8. The zero-order chi connectivity index (χ0) is 22.7. The number of thioether (sulfide) groups is 1. The fraction of sp³-hybridized carbons (Fsp3) is 0.292. The van der Waals surface area contributed by atoms with Crippen LogP contribution in [0.5, 0.6) is 0 Å². The van der Waals surface area contributed by atoms with Crippen molar-refractivity contribution in [2.75, 3.05) is 24.7 Å². The average Bonchev–Trinajstić information content (AvgIpc) is 2.82. The molecule has 0 aromatic heterocycles. The zero-order valence-electron chi connectivity index (χ0n) is 17.9. The number of allylic oxidation sites excluding steroid dienone is 1. The summed E-state index contributed by atoms with van der Waals surface area (Å²) in [5.41, 5.74) is 3.38. The Bertz CT molecular complexity index is 1100. The second-order valence-corrected chi connectivity index (χ2v) is 8.98. The van der Waals surface area contributed by atoms with Crippen molar-refractivity contribution >= 4 is 46.1 Å². The molecular formula is C24H24ClN3O3S. The summed E-state index contributed by atoms with van der Waals surface area (Å²) in [7, 11) is 1.40. The highest BCUT2D eigenvalue weighted by Crippen LogP contribution is 2.41. The Kier molecular flexibility index (Phi) is 6.86. The summed E-state index contributed by atoms with van der Waals surface area (Å²) in [6.45, 7) is 2.79. The third-order valence-electron chi connectivity index (χ3n) is 5.45. The van der Waals surface area contributed by atoms with Crippen molar-refractivity contribution < 1.29 is 14.3 Å². The van der Waals surface area contributed by atoms with Crippen molar-refractivity contribution in [1.82, 2.24) is 4.90 Å². The van der Waals surface area contributed by atoms with Crippen LogP contribution in [0.25, 0.3) is 0 Å². The Balaban J connectivity index is 1.70. The van der Waals surface area contributed by atoms with Gasteiger partial charge in [0.2, 0.25) is 0 Å². The van der Waals surface area contributed by atoms with Gasteiger partial charge in [-0.2, -0.15) is 0 Å². The average molecular weight is 470 g/mol. The number of amidine groups is 1. The first kappa shape index (κ1) is 22.4. The van der Waals surface area contributed by atoms with Gasteiger partial charge < -0.3 is 15.0 Å². The second kappa shape index (κ2) is 9.79. The van der Waals surface area contributed by atoms with Crippen LogP contribution in [0.2, 0.25) is 5.02 Å². The van der Waals surface area contributed by atoms with Crippen molar-refractivity contribution in [3.05, 3.63) is 76.0 Å². The van der Waals surface area contributed by atoms with E-state index in [4.69, 9.17) is 21.3 Å². The van der Waals surface area contributed by atoms with Gasteiger partial charge in [0, 0.05) is 28.6 Å². The van der Waals surface area contributed by atoms with E-state index >= 15 is 0 Å². The van der Waals surface area contributed by atoms with Crippen molar-refractivity contribution in [2.45, 2.75) is 25.8 Å². The number of nitrogens with zero attached hydrogens (tertiary/aromatic N) is 2. The zero-order valence-corrected chi connectivity index (χ0v) is 19.5. The molecule has 1 atom stereocenters. The summed E-state index contributed by atoms with van der Waals surface area (Å²) in [5.74, 6) is 0.404. The number of esters is 1. The lowest BCUT2D eigenvalue weighted by Crippen LogP contribution is -2.42. The Morgan fingerprint density at radius 1 is 1.25 bits per heavy atom. The molecular weight excluding hydrogens is 446 g/mol. The van der Waals surface area contributed by atoms with E-state index in [0.29, 0.717) is 28.3 Å². The molecule has 0 aliphatic carbocycles. The molecule has 8 heteroatoms. The standard InChI is InChI=1S/C24H24ClN3O3S/c1-3-19-20(23(30)31-2)21(28-12-5-13-32-24(28)27-19)16-6-4-7-18(14-16)26-22(29)15-8-10-17(25)11-9-15/h4,6-11,14,21H,3,5,12-13H2,1-2H3,(H,26,29). The van der Waals surface area contributed by atoms with Crippen LogP contribution in [0, 0.1) is 0 Å². The summed E-state index contributed by atoms with van der Waals surface area (Å²) in [6, 6.07) is 14.0. The molecule has 0 radical (unpaired) electrons. The number of hydrogen-bond acceptors (Lipinski definition) is 6. The minimum absolute atomic E-state index is 0.226. The number of ether oxygens (including phenoxy) is 1. The molecule has 166 valence electrons. The third kappa shape index (κ3) is 4.54. The fourth-order valence-corrected chi connectivity index (χ4v) is 5.07. The van der Waals surface area contributed by atoms with Gasteiger partial charge in [0.1, 0.15) is 0 Å². The molecule has 32 heavy (non-hydrogen) atoms. The highest BCUT2D eigenvalue weighted by Gasteiger charge is 2.38.